The number of nitro groups is 1. The van der Waals surface area contributed by atoms with E-state index in [1.807, 2.05) is 41.8 Å². The van der Waals surface area contributed by atoms with Crippen molar-refractivity contribution in [2.75, 3.05) is 12.5 Å². The van der Waals surface area contributed by atoms with Gasteiger partial charge in [0, 0.05) is 27.9 Å². The Bertz CT molecular complexity index is 1130. The number of nitrogens with zero attached hydrogens (tertiary/aromatic N) is 3. The molecule has 2 heterocycles. The van der Waals surface area contributed by atoms with Crippen molar-refractivity contribution < 1.29 is 14.1 Å². The van der Waals surface area contributed by atoms with E-state index >= 15 is 0 Å². The fourth-order valence-electron chi connectivity index (χ4n) is 2.90. The molecule has 8 nitrogen and oxygen atoms in total. The van der Waals surface area contributed by atoms with Gasteiger partial charge in [0.05, 0.1) is 19.0 Å². The van der Waals surface area contributed by atoms with Crippen LogP contribution in [0.2, 0.25) is 0 Å². The summed E-state index contributed by atoms with van der Waals surface area (Å²) >= 11 is 1.45. The van der Waals surface area contributed by atoms with Crippen LogP contribution in [0, 0.1) is 10.1 Å². The predicted molar refractivity (Wildman–Crippen MR) is 117 cm³/mol. The highest BCUT2D eigenvalue weighted by Gasteiger charge is 2.19. The number of anilines is 1. The fourth-order valence-corrected chi connectivity index (χ4v) is 3.56. The van der Waals surface area contributed by atoms with E-state index in [1.165, 1.54) is 11.3 Å². The van der Waals surface area contributed by atoms with Crippen molar-refractivity contribution in [3.8, 4) is 17.0 Å². The summed E-state index contributed by atoms with van der Waals surface area (Å²) in [5.41, 5.74) is 5.57. The number of benzene rings is 1. The number of nitrogens with one attached hydrogen (secondary N) is 1. The van der Waals surface area contributed by atoms with Crippen LogP contribution in [0.25, 0.3) is 16.8 Å². The lowest BCUT2D eigenvalue weighted by Crippen LogP contribution is -2.17. The van der Waals surface area contributed by atoms with Gasteiger partial charge in [-0.1, -0.05) is 6.08 Å². The van der Waals surface area contributed by atoms with Gasteiger partial charge in [0.2, 0.25) is 11.2 Å². The molecule has 1 aromatic carbocycles. The van der Waals surface area contributed by atoms with Gasteiger partial charge in [0.1, 0.15) is 17.3 Å². The third kappa shape index (κ3) is 4.47. The van der Waals surface area contributed by atoms with Crippen molar-refractivity contribution in [2.24, 2.45) is 5.10 Å². The van der Waals surface area contributed by atoms with Crippen molar-refractivity contribution in [3.05, 3.63) is 81.6 Å². The van der Waals surface area contributed by atoms with Gasteiger partial charge in [-0.15, -0.1) is 11.3 Å². The van der Waals surface area contributed by atoms with E-state index in [9.17, 15) is 10.1 Å². The summed E-state index contributed by atoms with van der Waals surface area (Å²) in [7, 11) is 1.63. The van der Waals surface area contributed by atoms with Gasteiger partial charge in [0.25, 0.3) is 0 Å². The molecule has 0 spiro atoms. The minimum absolute atomic E-state index is 0.297. The van der Waals surface area contributed by atoms with Gasteiger partial charge in [-0.2, -0.15) is 5.10 Å². The average Bonchev–Trinajstić information content (AvgIpc) is 3.44. The van der Waals surface area contributed by atoms with Crippen LogP contribution in [-0.4, -0.2) is 29.3 Å². The Morgan fingerprint density at radius 1 is 1.33 bits per heavy atom. The first-order valence-electron chi connectivity index (χ1n) is 9.13. The second kappa shape index (κ2) is 8.75. The molecule has 0 aliphatic heterocycles. The Morgan fingerprint density at radius 2 is 2.17 bits per heavy atom. The molecular formula is C21H18N4O4S. The van der Waals surface area contributed by atoms with Crippen LogP contribution in [0.1, 0.15) is 17.9 Å². The van der Waals surface area contributed by atoms with E-state index in [0.717, 1.165) is 22.6 Å². The maximum absolute atomic E-state index is 10.8. The van der Waals surface area contributed by atoms with Crippen LogP contribution in [-0.2, 0) is 0 Å². The predicted octanol–water partition coefficient (Wildman–Crippen LogP) is 4.85. The Balaban J connectivity index is 1.36. The van der Waals surface area contributed by atoms with E-state index in [1.54, 1.807) is 31.5 Å². The number of aromatic nitrogens is 1. The molecule has 1 atom stereocenters. The largest absolute Gasteiger partial charge is 0.497 e. The van der Waals surface area contributed by atoms with Gasteiger partial charge < -0.3 is 9.15 Å². The fraction of sp³-hybridized carbons (Fsp3) is 0.143. The lowest BCUT2D eigenvalue weighted by Gasteiger charge is -2.08. The first-order valence-corrected chi connectivity index (χ1v) is 10.0. The zero-order valence-corrected chi connectivity index (χ0v) is 16.8. The summed E-state index contributed by atoms with van der Waals surface area (Å²) in [5.74, 6) is 2.01. The lowest BCUT2D eigenvalue weighted by molar-refractivity contribution is -0.508. The highest BCUT2D eigenvalue weighted by atomic mass is 32.1. The molecule has 9 heteroatoms. The highest BCUT2D eigenvalue weighted by molar-refractivity contribution is 7.14. The monoisotopic (exact) mass is 422 g/mol. The average molecular weight is 422 g/mol. The third-order valence-electron chi connectivity index (χ3n) is 4.50. The smallest absolute Gasteiger partial charge is 0.235 e. The van der Waals surface area contributed by atoms with Crippen LogP contribution in [0.15, 0.2) is 69.5 Å². The number of allylic oxidation sites excluding steroid dienone is 2. The zero-order chi connectivity index (χ0) is 20.9. The van der Waals surface area contributed by atoms with Crippen molar-refractivity contribution in [2.45, 2.75) is 12.5 Å². The summed E-state index contributed by atoms with van der Waals surface area (Å²) in [6.45, 7) is 0. The molecule has 1 N–H and O–H groups in total. The van der Waals surface area contributed by atoms with Gasteiger partial charge >= 0.3 is 0 Å². The Morgan fingerprint density at radius 3 is 2.87 bits per heavy atom. The van der Waals surface area contributed by atoms with Crippen molar-refractivity contribution in [1.82, 2.24) is 4.98 Å². The maximum atomic E-state index is 10.8. The number of methoxy groups -OCH3 is 1. The van der Waals surface area contributed by atoms with Crippen molar-refractivity contribution in [1.29, 1.82) is 0 Å². The molecule has 0 saturated heterocycles. The van der Waals surface area contributed by atoms with Crippen LogP contribution < -0.4 is 10.2 Å². The lowest BCUT2D eigenvalue weighted by atomic mass is 10.0. The van der Waals surface area contributed by atoms with Gasteiger partial charge in [-0.25, -0.2) is 4.98 Å². The number of hydrazone groups is 1. The first kappa shape index (κ1) is 19.6. The molecular weight excluding hydrogens is 404 g/mol. The minimum atomic E-state index is -0.671. The number of thiazole rings is 1. The zero-order valence-electron chi connectivity index (χ0n) is 16.0. The molecule has 0 saturated carbocycles. The number of ether oxygens (including phenoxy) is 1. The number of hydrogen-bond acceptors (Lipinski definition) is 8. The van der Waals surface area contributed by atoms with E-state index in [4.69, 9.17) is 9.15 Å². The summed E-state index contributed by atoms with van der Waals surface area (Å²) < 4.78 is 10.9. The normalized spacial score (nSPS) is 15.9. The molecule has 1 aliphatic carbocycles. The topological polar surface area (TPSA) is 103 Å². The SMILES string of the molecule is COc1ccc(-c2csc(N/N=C/c3ccc(C4=CCC([N+](=O)[O-])C=C4)o3)n2)cc1. The van der Waals surface area contributed by atoms with Crippen LogP contribution in [0.4, 0.5) is 5.13 Å². The van der Waals surface area contributed by atoms with E-state index in [-0.39, 0.29) is 4.92 Å². The molecule has 0 fully saturated rings. The van der Waals surface area contributed by atoms with Gasteiger partial charge in [-0.3, -0.25) is 15.5 Å². The molecule has 4 rings (SSSR count). The number of rotatable bonds is 7. The molecule has 3 aromatic rings. The summed E-state index contributed by atoms with van der Waals surface area (Å²) in [4.78, 5) is 15.0. The van der Waals surface area contributed by atoms with Crippen molar-refractivity contribution in [3.63, 3.8) is 0 Å². The molecule has 2 aromatic heterocycles. The second-order valence-electron chi connectivity index (χ2n) is 6.45. The summed E-state index contributed by atoms with van der Waals surface area (Å²) in [6, 6.07) is 10.6. The Labute approximate surface area is 176 Å². The van der Waals surface area contributed by atoms with Crippen LogP contribution >= 0.6 is 11.3 Å². The van der Waals surface area contributed by atoms with Crippen LogP contribution in [0.3, 0.4) is 0 Å². The first-order chi connectivity index (χ1) is 14.6. The summed E-state index contributed by atoms with van der Waals surface area (Å²) in [6.07, 6.45) is 7.01. The quantitative estimate of drug-likeness (QED) is 0.332. The van der Waals surface area contributed by atoms with Crippen molar-refractivity contribution >= 4 is 28.3 Å². The molecule has 0 amide bonds. The molecule has 1 aliphatic rings. The number of furan rings is 1. The highest BCUT2D eigenvalue weighted by Crippen LogP contribution is 2.27. The Kier molecular flexibility index (Phi) is 5.71. The molecule has 0 radical (unpaired) electrons. The van der Waals surface area contributed by atoms with Gasteiger partial charge in [0.15, 0.2) is 0 Å². The minimum Gasteiger partial charge on any atom is -0.497 e. The molecule has 30 heavy (non-hydrogen) atoms. The molecule has 152 valence electrons. The van der Waals surface area contributed by atoms with E-state index < -0.39 is 6.04 Å². The molecule has 1 unspecified atom stereocenters. The third-order valence-corrected chi connectivity index (χ3v) is 5.25. The van der Waals surface area contributed by atoms with Gasteiger partial charge in [-0.05, 0) is 48.6 Å². The molecule has 0 bridgehead atoms. The standard InChI is InChI=1S/C21H18N4O4S/c1-28-17-8-4-14(5-9-17)19-13-30-21(23-19)24-22-12-18-10-11-20(29-18)15-2-6-16(7-3-15)25(26)27/h2-6,8-13,16H,7H2,1H3,(H,23,24)/b22-12+. The van der Waals surface area contributed by atoms with Crippen LogP contribution in [0.5, 0.6) is 5.75 Å². The maximum Gasteiger partial charge on any atom is 0.235 e. The second-order valence-corrected chi connectivity index (χ2v) is 7.30. The van der Waals surface area contributed by atoms with E-state index in [0.29, 0.717) is 23.1 Å². The summed E-state index contributed by atoms with van der Waals surface area (Å²) in [5, 5.41) is 17.6. The number of hydrogen-bond donors (Lipinski definition) is 1. The Hall–Kier alpha value is -3.72. The van der Waals surface area contributed by atoms with E-state index in [2.05, 4.69) is 15.5 Å².